The Morgan fingerprint density at radius 2 is 0.865 bits per heavy atom. The van der Waals surface area contributed by atoms with Crippen molar-refractivity contribution in [3.05, 3.63) is 169 Å². The van der Waals surface area contributed by atoms with Crippen LogP contribution in [0.15, 0.2) is 158 Å². The molecule has 6 aromatic carbocycles. The van der Waals surface area contributed by atoms with E-state index in [-0.39, 0.29) is 0 Å². The molecule has 5 heterocycles. The van der Waals surface area contributed by atoms with E-state index in [1.54, 1.807) is 0 Å². The van der Waals surface area contributed by atoms with Crippen LogP contribution in [-0.4, -0.2) is 19.9 Å². The van der Waals surface area contributed by atoms with Crippen LogP contribution in [0.1, 0.15) is 11.4 Å². The largest absolute Gasteiger partial charge is 0.354 e. The monoisotopic (exact) mass is 662 g/mol. The van der Waals surface area contributed by atoms with Crippen molar-refractivity contribution in [3.8, 4) is 33.4 Å². The summed E-state index contributed by atoms with van der Waals surface area (Å²) in [5.74, 6) is 0. The standard InChI is InChI=1S/C48H30N4/c1-4-12-30(13-5-1)44-36-22-23-37(49-36)45(31-14-6-2-7-15-31)39-26-27-41(51-39)47-34-21-11-19-29-18-10-20-33(43(29)34)35-28-42(52-48(35)47)46(32-16-8-3-9-17-32)40-25-24-38(44)50-40/h1-28,50-51H. The third kappa shape index (κ3) is 4.34. The first-order chi connectivity index (χ1) is 25.8. The van der Waals surface area contributed by atoms with Crippen molar-refractivity contribution >= 4 is 77.6 Å². The molecule has 52 heavy (non-hydrogen) atoms. The van der Waals surface area contributed by atoms with Gasteiger partial charge in [0.15, 0.2) is 0 Å². The third-order valence-electron chi connectivity index (χ3n) is 10.5. The molecular weight excluding hydrogens is 633 g/mol. The number of rotatable bonds is 3. The van der Waals surface area contributed by atoms with Gasteiger partial charge >= 0.3 is 0 Å². The molecule has 8 bridgehead atoms. The van der Waals surface area contributed by atoms with Crippen LogP contribution in [0, 0.1) is 0 Å². The van der Waals surface area contributed by atoms with E-state index >= 15 is 0 Å². The van der Waals surface area contributed by atoms with Gasteiger partial charge in [-0.1, -0.05) is 127 Å². The number of hydrogen-bond donors (Lipinski definition) is 2. The van der Waals surface area contributed by atoms with Crippen LogP contribution in [0.5, 0.6) is 0 Å². The zero-order valence-electron chi connectivity index (χ0n) is 28.1. The molecule has 0 saturated carbocycles. The van der Waals surface area contributed by atoms with Crippen LogP contribution in [0.4, 0.5) is 0 Å². The van der Waals surface area contributed by atoms with Crippen molar-refractivity contribution in [2.24, 2.45) is 0 Å². The molecule has 0 fully saturated rings. The molecular formula is C48H30N4. The Kier molecular flexibility index (Phi) is 6.22. The Hall–Kier alpha value is -7.04. The van der Waals surface area contributed by atoms with E-state index in [1.165, 1.54) is 21.5 Å². The lowest BCUT2D eigenvalue weighted by atomic mass is 9.95. The Morgan fingerprint density at radius 3 is 1.46 bits per heavy atom. The Labute approximate surface area is 299 Å². The molecule has 1 aliphatic rings. The minimum atomic E-state index is 0.909. The second-order valence-electron chi connectivity index (χ2n) is 13.5. The summed E-state index contributed by atoms with van der Waals surface area (Å²) in [6.07, 6.45) is 4.30. The average Bonchev–Trinajstić information content (AvgIpc) is 4.03. The summed E-state index contributed by atoms with van der Waals surface area (Å²) in [6, 6.07) is 56.0. The van der Waals surface area contributed by atoms with E-state index in [2.05, 4.69) is 180 Å². The maximum Gasteiger partial charge on any atom is 0.0816 e. The summed E-state index contributed by atoms with van der Waals surface area (Å²) >= 11 is 0. The van der Waals surface area contributed by atoms with E-state index in [0.717, 1.165) is 88.6 Å². The van der Waals surface area contributed by atoms with Crippen LogP contribution in [0.2, 0.25) is 0 Å². The molecule has 242 valence electrons. The highest BCUT2D eigenvalue weighted by atomic mass is 14.8. The second kappa shape index (κ2) is 11.2. The Balaban J connectivity index is 1.41. The fourth-order valence-corrected chi connectivity index (χ4v) is 8.27. The molecule has 4 heteroatoms. The molecule has 4 aromatic heterocycles. The zero-order chi connectivity index (χ0) is 34.2. The summed E-state index contributed by atoms with van der Waals surface area (Å²) < 4.78 is 0. The number of aromatic nitrogens is 4. The van der Waals surface area contributed by atoms with Gasteiger partial charge in [-0.25, -0.2) is 9.97 Å². The van der Waals surface area contributed by atoms with Gasteiger partial charge in [0.1, 0.15) is 0 Å². The molecule has 0 radical (unpaired) electrons. The number of aromatic amines is 2. The molecule has 0 aliphatic carbocycles. The third-order valence-corrected chi connectivity index (χ3v) is 10.5. The number of nitrogens with zero attached hydrogens (tertiary/aromatic N) is 2. The van der Waals surface area contributed by atoms with Crippen LogP contribution < -0.4 is 0 Å². The number of nitrogens with one attached hydrogen (secondary N) is 2. The van der Waals surface area contributed by atoms with Gasteiger partial charge in [0, 0.05) is 49.5 Å². The van der Waals surface area contributed by atoms with Crippen molar-refractivity contribution in [2.75, 3.05) is 0 Å². The smallest absolute Gasteiger partial charge is 0.0816 e. The maximum atomic E-state index is 5.58. The van der Waals surface area contributed by atoms with Crippen molar-refractivity contribution < 1.29 is 0 Å². The van der Waals surface area contributed by atoms with Gasteiger partial charge in [-0.15, -0.1) is 0 Å². The summed E-state index contributed by atoms with van der Waals surface area (Å²) in [7, 11) is 0. The lowest BCUT2D eigenvalue weighted by Crippen LogP contribution is -1.88. The highest BCUT2D eigenvalue weighted by molar-refractivity contribution is 6.32. The predicted molar refractivity (Wildman–Crippen MR) is 219 cm³/mol. The normalized spacial score (nSPS) is 12.2. The van der Waals surface area contributed by atoms with E-state index < -0.39 is 0 Å². The number of fused-ring (bicyclic) bond motifs is 10. The number of H-pyrrole nitrogens is 2. The minimum absolute atomic E-state index is 0.909. The van der Waals surface area contributed by atoms with Crippen LogP contribution >= 0.6 is 0 Å². The summed E-state index contributed by atoms with van der Waals surface area (Å²) in [5, 5.41) is 7.10. The molecule has 2 N–H and O–H groups in total. The highest BCUT2D eigenvalue weighted by Crippen LogP contribution is 2.42. The minimum Gasteiger partial charge on any atom is -0.354 e. The Bertz CT molecular complexity index is 3150. The SMILES string of the molecule is C1=Cc2nc1c(-c1ccccc1)c1ccc([nH]1)c(-c1ccccc1)c1cc3c4cccc5cccc(c54)c(c4ccc([nH]4)c2-c2ccccc2)c3n1. The van der Waals surface area contributed by atoms with Gasteiger partial charge in [-0.05, 0) is 80.7 Å². The number of benzene rings is 6. The molecule has 0 saturated heterocycles. The predicted octanol–water partition coefficient (Wildman–Crippen LogP) is 12.7. The quantitative estimate of drug-likeness (QED) is 0.198. The fourth-order valence-electron chi connectivity index (χ4n) is 8.27. The summed E-state index contributed by atoms with van der Waals surface area (Å²) in [4.78, 5) is 18.7. The molecule has 1 aliphatic heterocycles. The van der Waals surface area contributed by atoms with Crippen molar-refractivity contribution in [1.29, 1.82) is 0 Å². The maximum absolute atomic E-state index is 5.58. The summed E-state index contributed by atoms with van der Waals surface area (Å²) in [6.45, 7) is 0. The highest BCUT2D eigenvalue weighted by Gasteiger charge is 2.19. The van der Waals surface area contributed by atoms with E-state index in [1.807, 2.05) is 0 Å². The van der Waals surface area contributed by atoms with Gasteiger partial charge in [0.25, 0.3) is 0 Å². The topological polar surface area (TPSA) is 57.4 Å². The first-order valence-corrected chi connectivity index (χ1v) is 17.7. The Morgan fingerprint density at radius 1 is 0.365 bits per heavy atom. The van der Waals surface area contributed by atoms with Gasteiger partial charge in [-0.3, -0.25) is 0 Å². The molecule has 11 rings (SSSR count). The van der Waals surface area contributed by atoms with Crippen molar-refractivity contribution in [2.45, 2.75) is 0 Å². The molecule has 0 unspecified atom stereocenters. The lowest BCUT2D eigenvalue weighted by Gasteiger charge is -2.09. The first-order valence-electron chi connectivity index (χ1n) is 17.7. The molecule has 4 nitrogen and oxygen atoms in total. The molecule has 10 aromatic rings. The van der Waals surface area contributed by atoms with Crippen LogP contribution in [0.25, 0.3) is 111 Å². The van der Waals surface area contributed by atoms with Gasteiger partial charge in [0.05, 0.1) is 22.4 Å². The molecule has 0 amide bonds. The average molecular weight is 663 g/mol. The fraction of sp³-hybridized carbons (Fsp3) is 0. The van der Waals surface area contributed by atoms with Crippen molar-refractivity contribution in [1.82, 2.24) is 19.9 Å². The van der Waals surface area contributed by atoms with E-state index in [0.29, 0.717) is 0 Å². The van der Waals surface area contributed by atoms with Crippen LogP contribution in [0.3, 0.4) is 0 Å². The van der Waals surface area contributed by atoms with E-state index in [4.69, 9.17) is 9.97 Å². The number of hydrogen-bond acceptors (Lipinski definition) is 2. The van der Waals surface area contributed by atoms with Gasteiger partial charge in [0.2, 0.25) is 0 Å². The zero-order valence-corrected chi connectivity index (χ0v) is 28.1. The molecule has 0 atom stereocenters. The van der Waals surface area contributed by atoms with Crippen LogP contribution in [-0.2, 0) is 0 Å². The van der Waals surface area contributed by atoms with Gasteiger partial charge in [-0.2, -0.15) is 0 Å². The summed E-state index contributed by atoms with van der Waals surface area (Å²) in [5.41, 5.74) is 14.2. The van der Waals surface area contributed by atoms with Crippen molar-refractivity contribution in [3.63, 3.8) is 0 Å². The lowest BCUT2D eigenvalue weighted by molar-refractivity contribution is 1.32. The van der Waals surface area contributed by atoms with E-state index in [9.17, 15) is 0 Å². The second-order valence-corrected chi connectivity index (χ2v) is 13.5. The first kappa shape index (κ1) is 28.8. The molecule has 0 spiro atoms. The van der Waals surface area contributed by atoms with Gasteiger partial charge < -0.3 is 9.97 Å².